The number of hydrogen-bond acceptors (Lipinski definition) is 2. The molecule has 0 amide bonds. The fourth-order valence-corrected chi connectivity index (χ4v) is 4.40. The van der Waals surface area contributed by atoms with Gasteiger partial charge in [0.1, 0.15) is 11.4 Å². The Kier molecular flexibility index (Phi) is 5.79. The molecule has 6 heteroatoms. The molecule has 2 aromatic heterocycles. The lowest BCUT2D eigenvalue weighted by Crippen LogP contribution is -2.03. The van der Waals surface area contributed by atoms with E-state index in [1.165, 1.54) is 5.56 Å². The fourth-order valence-electron chi connectivity index (χ4n) is 4.06. The van der Waals surface area contributed by atoms with Gasteiger partial charge < -0.3 is 4.57 Å². The third-order valence-corrected chi connectivity index (χ3v) is 6.47. The third-order valence-electron chi connectivity index (χ3n) is 5.89. The predicted molar refractivity (Wildman–Crippen MR) is 135 cm³/mol. The van der Waals surface area contributed by atoms with E-state index < -0.39 is 0 Å². The molecule has 1 atom stereocenters. The third kappa shape index (κ3) is 4.08. The van der Waals surface area contributed by atoms with Crippen molar-refractivity contribution in [2.24, 2.45) is 0 Å². The van der Waals surface area contributed by atoms with E-state index in [1.54, 1.807) is 0 Å². The molecule has 2 heterocycles. The van der Waals surface area contributed by atoms with Gasteiger partial charge in [-0.2, -0.15) is 5.10 Å². The molecule has 0 saturated carbocycles. The SMILES string of the molecule is Cc1c(-c2cn(C(C)c3ccccc3)cn2)nn(-c2ccccc2Cl)c1-c1ccc(Cl)cc1. The first kappa shape index (κ1) is 21.5. The molecule has 0 N–H and O–H groups in total. The van der Waals surface area contributed by atoms with E-state index in [9.17, 15) is 0 Å². The molecular weight excluding hydrogens is 451 g/mol. The van der Waals surface area contributed by atoms with Crippen molar-refractivity contribution >= 4 is 23.2 Å². The Morgan fingerprint density at radius 1 is 0.848 bits per heavy atom. The maximum atomic E-state index is 6.56. The lowest BCUT2D eigenvalue weighted by atomic mass is 10.1. The zero-order valence-electron chi connectivity index (χ0n) is 18.3. The van der Waals surface area contributed by atoms with Gasteiger partial charge in [-0.15, -0.1) is 0 Å². The summed E-state index contributed by atoms with van der Waals surface area (Å²) < 4.78 is 4.01. The number of para-hydroxylation sites is 1. The number of aromatic nitrogens is 4. The summed E-state index contributed by atoms with van der Waals surface area (Å²) in [6.45, 7) is 4.23. The summed E-state index contributed by atoms with van der Waals surface area (Å²) in [5, 5.41) is 6.30. The van der Waals surface area contributed by atoms with Gasteiger partial charge in [-0.1, -0.05) is 77.8 Å². The second-order valence-corrected chi connectivity index (χ2v) is 8.83. The van der Waals surface area contributed by atoms with E-state index >= 15 is 0 Å². The van der Waals surface area contributed by atoms with E-state index in [-0.39, 0.29) is 6.04 Å². The largest absolute Gasteiger partial charge is 0.330 e. The van der Waals surface area contributed by atoms with Gasteiger partial charge in [0.2, 0.25) is 0 Å². The quantitative estimate of drug-likeness (QED) is 0.263. The van der Waals surface area contributed by atoms with Crippen molar-refractivity contribution in [3.05, 3.63) is 113 Å². The molecule has 0 aliphatic rings. The highest BCUT2D eigenvalue weighted by molar-refractivity contribution is 6.32. The van der Waals surface area contributed by atoms with Crippen LogP contribution in [0, 0.1) is 6.92 Å². The van der Waals surface area contributed by atoms with Crippen LogP contribution in [0.4, 0.5) is 0 Å². The van der Waals surface area contributed by atoms with Crippen LogP contribution >= 0.6 is 23.2 Å². The molecule has 5 rings (SSSR count). The van der Waals surface area contributed by atoms with E-state index in [1.807, 2.05) is 65.6 Å². The second kappa shape index (κ2) is 8.89. The average Bonchev–Trinajstić information content (AvgIpc) is 3.45. The molecular formula is C27H22Cl2N4. The second-order valence-electron chi connectivity index (χ2n) is 7.99. The summed E-state index contributed by atoms with van der Waals surface area (Å²) >= 11 is 12.7. The maximum Gasteiger partial charge on any atom is 0.116 e. The highest BCUT2D eigenvalue weighted by atomic mass is 35.5. The van der Waals surface area contributed by atoms with Crippen molar-refractivity contribution in [2.45, 2.75) is 19.9 Å². The molecule has 0 bridgehead atoms. The van der Waals surface area contributed by atoms with Gasteiger partial charge in [0.25, 0.3) is 0 Å². The molecule has 1 unspecified atom stereocenters. The standard InChI is InChI=1S/C27H22Cl2N4/c1-18-26(24-16-32(17-30-24)19(2)20-8-4-3-5-9-20)31-33(25-11-7-6-10-23(25)29)27(18)21-12-14-22(28)15-13-21/h3-17,19H,1-2H3. The average molecular weight is 473 g/mol. The first-order chi connectivity index (χ1) is 16.0. The Hall–Kier alpha value is -3.34. The normalized spacial score (nSPS) is 12.1. The highest BCUT2D eigenvalue weighted by Gasteiger charge is 2.22. The zero-order chi connectivity index (χ0) is 22.9. The van der Waals surface area contributed by atoms with Crippen LogP contribution in [0.3, 0.4) is 0 Å². The van der Waals surface area contributed by atoms with Gasteiger partial charge in [0, 0.05) is 22.3 Å². The molecule has 4 nitrogen and oxygen atoms in total. The molecule has 33 heavy (non-hydrogen) atoms. The predicted octanol–water partition coefficient (Wildman–Crippen LogP) is 7.63. The van der Waals surface area contributed by atoms with Crippen molar-refractivity contribution in [3.63, 3.8) is 0 Å². The molecule has 5 aromatic rings. The Labute approximate surface area is 203 Å². The van der Waals surface area contributed by atoms with Crippen LogP contribution in [0.1, 0.15) is 24.1 Å². The fraction of sp³-hybridized carbons (Fsp3) is 0.111. The topological polar surface area (TPSA) is 35.6 Å². The van der Waals surface area contributed by atoms with Gasteiger partial charge in [0.05, 0.1) is 28.8 Å². The number of benzene rings is 3. The van der Waals surface area contributed by atoms with Crippen LogP contribution in [-0.2, 0) is 0 Å². The van der Waals surface area contributed by atoms with Crippen LogP contribution in [-0.4, -0.2) is 19.3 Å². The van der Waals surface area contributed by atoms with E-state index in [0.717, 1.165) is 33.9 Å². The monoisotopic (exact) mass is 472 g/mol. The van der Waals surface area contributed by atoms with Crippen molar-refractivity contribution in [2.75, 3.05) is 0 Å². The molecule has 0 aliphatic carbocycles. The highest BCUT2D eigenvalue weighted by Crippen LogP contribution is 2.35. The minimum absolute atomic E-state index is 0.161. The van der Waals surface area contributed by atoms with Crippen LogP contribution in [0.15, 0.2) is 91.4 Å². The number of halogens is 2. The minimum atomic E-state index is 0.161. The Morgan fingerprint density at radius 2 is 1.55 bits per heavy atom. The van der Waals surface area contributed by atoms with Gasteiger partial charge in [-0.3, -0.25) is 0 Å². The zero-order valence-corrected chi connectivity index (χ0v) is 19.8. The summed E-state index contributed by atoms with van der Waals surface area (Å²) in [4.78, 5) is 4.71. The van der Waals surface area contributed by atoms with E-state index in [0.29, 0.717) is 10.0 Å². The lowest BCUT2D eigenvalue weighted by molar-refractivity contribution is 0.638. The van der Waals surface area contributed by atoms with E-state index in [2.05, 4.69) is 48.9 Å². The van der Waals surface area contributed by atoms with Crippen molar-refractivity contribution in [3.8, 4) is 28.3 Å². The summed E-state index contributed by atoms with van der Waals surface area (Å²) in [7, 11) is 0. The first-order valence-corrected chi connectivity index (χ1v) is 11.5. The van der Waals surface area contributed by atoms with Crippen LogP contribution < -0.4 is 0 Å². The Balaban J connectivity index is 1.64. The van der Waals surface area contributed by atoms with Crippen LogP contribution in [0.5, 0.6) is 0 Å². The van der Waals surface area contributed by atoms with Crippen molar-refractivity contribution in [1.82, 2.24) is 19.3 Å². The van der Waals surface area contributed by atoms with Crippen LogP contribution in [0.2, 0.25) is 10.0 Å². The van der Waals surface area contributed by atoms with Crippen LogP contribution in [0.25, 0.3) is 28.3 Å². The first-order valence-electron chi connectivity index (χ1n) is 10.7. The molecule has 0 fully saturated rings. The molecule has 0 aliphatic heterocycles. The van der Waals surface area contributed by atoms with Gasteiger partial charge >= 0.3 is 0 Å². The summed E-state index contributed by atoms with van der Waals surface area (Å²) in [6, 6.07) is 26.0. The smallest absolute Gasteiger partial charge is 0.116 e. The molecule has 0 saturated heterocycles. The number of rotatable bonds is 5. The van der Waals surface area contributed by atoms with E-state index in [4.69, 9.17) is 33.3 Å². The number of nitrogens with zero attached hydrogens (tertiary/aromatic N) is 4. The van der Waals surface area contributed by atoms with Crippen molar-refractivity contribution < 1.29 is 0 Å². The Morgan fingerprint density at radius 3 is 2.27 bits per heavy atom. The molecule has 164 valence electrons. The summed E-state index contributed by atoms with van der Waals surface area (Å²) in [5.74, 6) is 0. The summed E-state index contributed by atoms with van der Waals surface area (Å²) in [6.07, 6.45) is 3.92. The van der Waals surface area contributed by atoms with Gasteiger partial charge in [-0.25, -0.2) is 9.67 Å². The molecule has 3 aromatic carbocycles. The minimum Gasteiger partial charge on any atom is -0.330 e. The van der Waals surface area contributed by atoms with Gasteiger partial charge in [-0.05, 0) is 43.7 Å². The molecule has 0 radical (unpaired) electrons. The molecule has 0 spiro atoms. The number of imidazole rings is 1. The van der Waals surface area contributed by atoms with Crippen molar-refractivity contribution in [1.29, 1.82) is 0 Å². The maximum absolute atomic E-state index is 6.56. The summed E-state index contributed by atoms with van der Waals surface area (Å²) in [5.41, 5.74) is 6.66. The number of hydrogen-bond donors (Lipinski definition) is 0. The lowest BCUT2D eigenvalue weighted by Gasteiger charge is -2.12. The van der Waals surface area contributed by atoms with Gasteiger partial charge in [0.15, 0.2) is 0 Å². The Bertz CT molecular complexity index is 1400.